The molecule has 1 aliphatic heterocycles. The van der Waals surface area contributed by atoms with Crippen LogP contribution in [0.25, 0.3) is 10.9 Å². The molecular formula is C29H31N3O2. The lowest BCUT2D eigenvalue weighted by molar-refractivity contribution is -0.0297. The summed E-state index contributed by atoms with van der Waals surface area (Å²) in [6.45, 7) is 4.12. The highest BCUT2D eigenvalue weighted by Gasteiger charge is 2.49. The van der Waals surface area contributed by atoms with E-state index in [2.05, 4.69) is 41.2 Å². The van der Waals surface area contributed by atoms with Crippen LogP contribution in [0.15, 0.2) is 42.6 Å². The number of nitriles is 1. The molecule has 0 amide bonds. The number of H-pyrrole nitrogens is 1. The Bertz CT molecular complexity index is 1290. The molecule has 1 spiro atoms. The molecule has 0 bridgehead atoms. The van der Waals surface area contributed by atoms with Crippen LogP contribution in [0.4, 0.5) is 0 Å². The number of rotatable bonds is 5. The minimum atomic E-state index is -0.886. The maximum Gasteiger partial charge on any atom is 0.335 e. The summed E-state index contributed by atoms with van der Waals surface area (Å²) in [6, 6.07) is 14.8. The number of aromatic amines is 1. The molecule has 2 aliphatic carbocycles. The molecule has 6 rings (SSSR count). The van der Waals surface area contributed by atoms with Crippen LogP contribution in [-0.4, -0.2) is 27.5 Å². The van der Waals surface area contributed by atoms with Crippen molar-refractivity contribution in [1.82, 2.24) is 9.88 Å². The topological polar surface area (TPSA) is 80.1 Å². The molecule has 34 heavy (non-hydrogen) atoms. The molecule has 2 heterocycles. The Morgan fingerprint density at radius 3 is 2.65 bits per heavy atom. The fraction of sp³-hybridized carbons (Fsp3) is 0.448. The quantitative estimate of drug-likeness (QED) is 0.474. The van der Waals surface area contributed by atoms with Gasteiger partial charge < -0.3 is 10.1 Å². The highest BCUT2D eigenvalue weighted by atomic mass is 16.4. The van der Waals surface area contributed by atoms with E-state index in [1.54, 1.807) is 12.1 Å². The van der Waals surface area contributed by atoms with Gasteiger partial charge in [-0.2, -0.15) is 5.26 Å². The molecule has 0 unspecified atom stereocenters. The zero-order valence-electron chi connectivity index (χ0n) is 19.7. The number of fused-ring (bicyclic) bond motifs is 1. The van der Waals surface area contributed by atoms with Crippen molar-refractivity contribution in [2.24, 2.45) is 11.3 Å². The minimum Gasteiger partial charge on any atom is -0.478 e. The van der Waals surface area contributed by atoms with Gasteiger partial charge in [0.25, 0.3) is 0 Å². The van der Waals surface area contributed by atoms with Crippen molar-refractivity contribution >= 4 is 16.9 Å². The van der Waals surface area contributed by atoms with E-state index < -0.39 is 5.97 Å². The van der Waals surface area contributed by atoms with Crippen molar-refractivity contribution in [3.8, 4) is 6.07 Å². The Labute approximate surface area is 200 Å². The summed E-state index contributed by atoms with van der Waals surface area (Å²) in [7, 11) is 0. The van der Waals surface area contributed by atoms with E-state index in [1.165, 1.54) is 46.0 Å². The third kappa shape index (κ3) is 3.61. The number of likely N-dealkylation sites (tertiary alicyclic amines) is 1. The third-order valence-electron chi connectivity index (χ3n) is 8.65. The van der Waals surface area contributed by atoms with Gasteiger partial charge in [0.15, 0.2) is 0 Å². The zero-order valence-corrected chi connectivity index (χ0v) is 19.7. The number of carboxylic acid groups (broad SMARTS) is 1. The molecule has 5 heteroatoms. The van der Waals surface area contributed by atoms with Crippen LogP contribution < -0.4 is 0 Å². The van der Waals surface area contributed by atoms with E-state index in [-0.39, 0.29) is 17.4 Å². The second-order valence-electron chi connectivity index (χ2n) is 10.9. The van der Waals surface area contributed by atoms with Crippen LogP contribution in [0, 0.1) is 29.6 Å². The lowest BCUT2D eigenvalue weighted by atomic mass is 9.56. The summed E-state index contributed by atoms with van der Waals surface area (Å²) >= 11 is 0. The Kier molecular flexibility index (Phi) is 5.04. The number of nitrogens with zero attached hydrogens (tertiary/aromatic N) is 2. The summed E-state index contributed by atoms with van der Waals surface area (Å²) < 4.78 is 0. The summed E-state index contributed by atoms with van der Waals surface area (Å²) in [5.74, 6) is -0.0111. The number of piperidine rings is 1. The number of carboxylic acids is 1. The SMILES string of the molecule is Cc1cc(C2CC2)c(CN2CCC3(CC(C#N)C3)C[C@H]2c2ccc(C(=O)O)cc2)c2cc[nH]c12. The molecule has 5 nitrogen and oxygen atoms in total. The van der Waals surface area contributed by atoms with Gasteiger partial charge in [-0.1, -0.05) is 18.2 Å². The van der Waals surface area contributed by atoms with Crippen LogP contribution >= 0.6 is 0 Å². The van der Waals surface area contributed by atoms with Crippen molar-refractivity contribution < 1.29 is 9.90 Å². The first-order valence-corrected chi connectivity index (χ1v) is 12.5. The van der Waals surface area contributed by atoms with Gasteiger partial charge in [0.05, 0.1) is 11.6 Å². The maximum atomic E-state index is 11.4. The molecule has 1 saturated heterocycles. The fourth-order valence-corrected chi connectivity index (χ4v) is 6.62. The van der Waals surface area contributed by atoms with E-state index in [0.717, 1.165) is 38.8 Å². The van der Waals surface area contributed by atoms with E-state index in [4.69, 9.17) is 0 Å². The van der Waals surface area contributed by atoms with E-state index >= 15 is 0 Å². The minimum absolute atomic E-state index is 0.194. The Morgan fingerprint density at radius 2 is 1.97 bits per heavy atom. The molecule has 3 fully saturated rings. The number of aryl methyl sites for hydroxylation is 1. The molecular weight excluding hydrogens is 422 g/mol. The summed E-state index contributed by atoms with van der Waals surface area (Å²) in [6.07, 6.45) is 8.79. The third-order valence-corrected chi connectivity index (χ3v) is 8.65. The number of aromatic carboxylic acids is 1. The number of nitrogens with one attached hydrogen (secondary N) is 1. The molecule has 1 aromatic heterocycles. The molecule has 0 radical (unpaired) electrons. The molecule has 2 saturated carbocycles. The van der Waals surface area contributed by atoms with Gasteiger partial charge in [0, 0.05) is 35.6 Å². The molecule has 2 N–H and O–H groups in total. The molecule has 2 aromatic carbocycles. The highest BCUT2D eigenvalue weighted by Crippen LogP contribution is 2.57. The van der Waals surface area contributed by atoms with Gasteiger partial charge >= 0.3 is 5.97 Å². The van der Waals surface area contributed by atoms with Crippen LogP contribution in [0.1, 0.15) is 83.1 Å². The average Bonchev–Trinajstić information content (AvgIpc) is 3.54. The fourth-order valence-electron chi connectivity index (χ4n) is 6.62. The van der Waals surface area contributed by atoms with E-state index in [0.29, 0.717) is 11.5 Å². The monoisotopic (exact) mass is 453 g/mol. The van der Waals surface area contributed by atoms with Gasteiger partial charge in [-0.05, 0) is 104 Å². The van der Waals surface area contributed by atoms with Gasteiger partial charge in [-0.3, -0.25) is 4.90 Å². The largest absolute Gasteiger partial charge is 0.478 e. The summed E-state index contributed by atoms with van der Waals surface area (Å²) in [4.78, 5) is 17.5. The number of benzene rings is 2. The molecule has 174 valence electrons. The summed E-state index contributed by atoms with van der Waals surface area (Å²) in [5, 5.41) is 20.1. The molecule has 3 aliphatic rings. The maximum absolute atomic E-state index is 11.4. The highest BCUT2D eigenvalue weighted by molar-refractivity contribution is 5.88. The smallest absolute Gasteiger partial charge is 0.335 e. The summed E-state index contributed by atoms with van der Waals surface area (Å²) in [5.41, 5.74) is 7.30. The van der Waals surface area contributed by atoms with Crippen LogP contribution in [0.2, 0.25) is 0 Å². The average molecular weight is 454 g/mol. The first-order valence-electron chi connectivity index (χ1n) is 12.5. The van der Waals surface area contributed by atoms with Crippen LogP contribution in [-0.2, 0) is 6.54 Å². The number of hydrogen-bond donors (Lipinski definition) is 2. The Balaban J connectivity index is 1.36. The van der Waals surface area contributed by atoms with E-state index in [9.17, 15) is 15.2 Å². The van der Waals surface area contributed by atoms with Gasteiger partial charge in [0.2, 0.25) is 0 Å². The van der Waals surface area contributed by atoms with Gasteiger partial charge in [-0.15, -0.1) is 0 Å². The lowest BCUT2D eigenvalue weighted by Gasteiger charge is -2.53. The first kappa shape index (κ1) is 21.4. The van der Waals surface area contributed by atoms with Crippen molar-refractivity contribution in [3.63, 3.8) is 0 Å². The predicted molar refractivity (Wildman–Crippen MR) is 132 cm³/mol. The molecule has 1 atom stereocenters. The Hall–Kier alpha value is -3.10. The molecule has 3 aromatic rings. The van der Waals surface area contributed by atoms with Crippen molar-refractivity contribution in [2.45, 2.75) is 64.0 Å². The van der Waals surface area contributed by atoms with Crippen molar-refractivity contribution in [3.05, 3.63) is 70.4 Å². The predicted octanol–water partition coefficient (Wildman–Crippen LogP) is 6.31. The normalized spacial score (nSPS) is 26.9. The van der Waals surface area contributed by atoms with Crippen molar-refractivity contribution in [1.29, 1.82) is 5.26 Å². The van der Waals surface area contributed by atoms with Gasteiger partial charge in [-0.25, -0.2) is 4.79 Å². The van der Waals surface area contributed by atoms with Crippen LogP contribution in [0.5, 0.6) is 0 Å². The number of aromatic nitrogens is 1. The number of hydrogen-bond acceptors (Lipinski definition) is 3. The second kappa shape index (κ2) is 7.99. The Morgan fingerprint density at radius 1 is 1.21 bits per heavy atom. The first-order chi connectivity index (χ1) is 16.5. The standard InChI is InChI=1S/C29H31N3O2/c1-18-12-24(20-2-3-20)25(23-8-10-31-27(18)23)17-32-11-9-29(13-19(14-29)16-30)15-26(32)21-4-6-22(7-5-21)28(33)34/h4-8,10,12,19-20,26,31H,2-3,9,11,13-15,17H2,1H3,(H,33,34)/t19?,26-,29?/m0/s1. The second-order valence-corrected chi connectivity index (χ2v) is 10.9. The van der Waals surface area contributed by atoms with Gasteiger partial charge in [0.1, 0.15) is 0 Å². The zero-order chi connectivity index (χ0) is 23.4. The van der Waals surface area contributed by atoms with Crippen molar-refractivity contribution in [2.75, 3.05) is 6.54 Å². The number of carbonyl (C=O) groups is 1. The lowest BCUT2D eigenvalue weighted by Crippen LogP contribution is -2.48. The van der Waals surface area contributed by atoms with Crippen LogP contribution in [0.3, 0.4) is 0 Å². The van der Waals surface area contributed by atoms with E-state index in [1.807, 2.05) is 12.1 Å².